The van der Waals surface area contributed by atoms with E-state index in [1.165, 1.54) is 11.8 Å². The van der Waals surface area contributed by atoms with Gasteiger partial charge < -0.3 is 10.6 Å². The van der Waals surface area contributed by atoms with Gasteiger partial charge in [-0.25, -0.2) is 4.40 Å². The van der Waals surface area contributed by atoms with Crippen molar-refractivity contribution in [2.24, 2.45) is 0 Å². The monoisotopic (exact) mass is 435 g/mol. The fraction of sp³-hybridized carbons (Fsp3) is 0.312. The molecular formula is C16H18BrN7OS. The van der Waals surface area contributed by atoms with Crippen LogP contribution in [-0.2, 0) is 0 Å². The number of carbonyl (C=O) groups excluding carboxylic acids is 1. The van der Waals surface area contributed by atoms with Crippen LogP contribution in [0.5, 0.6) is 0 Å². The maximum Gasteiger partial charge on any atom is 0.261 e. The molecule has 0 radical (unpaired) electrons. The van der Waals surface area contributed by atoms with E-state index in [9.17, 15) is 4.79 Å². The van der Waals surface area contributed by atoms with Crippen LogP contribution >= 0.6 is 27.7 Å². The molecule has 10 heteroatoms. The number of nitrogens with one attached hydrogen (secondary N) is 2. The van der Waals surface area contributed by atoms with Gasteiger partial charge in [0, 0.05) is 23.1 Å². The van der Waals surface area contributed by atoms with Crippen LogP contribution in [-0.4, -0.2) is 49.2 Å². The third-order valence-corrected chi connectivity index (χ3v) is 4.87. The van der Waals surface area contributed by atoms with Crippen LogP contribution in [0.4, 0.5) is 11.9 Å². The molecule has 0 spiro atoms. The predicted octanol–water partition coefficient (Wildman–Crippen LogP) is 3.12. The summed E-state index contributed by atoms with van der Waals surface area (Å²) in [5.74, 6) is 1.80. The van der Waals surface area contributed by atoms with Gasteiger partial charge in [-0.15, -0.1) is 10.2 Å². The lowest BCUT2D eigenvalue weighted by Gasteiger charge is -2.09. The van der Waals surface area contributed by atoms with Crippen LogP contribution in [0.1, 0.15) is 24.2 Å². The fourth-order valence-corrected chi connectivity index (χ4v) is 3.33. The molecule has 0 aliphatic heterocycles. The van der Waals surface area contributed by atoms with E-state index < -0.39 is 0 Å². The van der Waals surface area contributed by atoms with Gasteiger partial charge in [-0.2, -0.15) is 9.97 Å². The van der Waals surface area contributed by atoms with Crippen molar-refractivity contribution in [2.45, 2.75) is 19.0 Å². The van der Waals surface area contributed by atoms with Gasteiger partial charge in [0.15, 0.2) is 10.9 Å². The van der Waals surface area contributed by atoms with E-state index in [4.69, 9.17) is 0 Å². The number of aromatic nitrogens is 5. The van der Waals surface area contributed by atoms with Crippen molar-refractivity contribution in [3.05, 3.63) is 34.3 Å². The third kappa shape index (κ3) is 4.13. The van der Waals surface area contributed by atoms with E-state index in [1.807, 2.05) is 26.0 Å². The molecule has 8 nitrogen and oxygen atoms in total. The van der Waals surface area contributed by atoms with Gasteiger partial charge in [-0.1, -0.05) is 39.8 Å². The van der Waals surface area contributed by atoms with Gasteiger partial charge >= 0.3 is 0 Å². The smallest absolute Gasteiger partial charge is 0.261 e. The van der Waals surface area contributed by atoms with Crippen molar-refractivity contribution in [3.63, 3.8) is 0 Å². The summed E-state index contributed by atoms with van der Waals surface area (Å²) in [6.45, 7) is 5.35. The first-order chi connectivity index (χ1) is 12.6. The van der Waals surface area contributed by atoms with E-state index in [0.717, 1.165) is 4.47 Å². The summed E-state index contributed by atoms with van der Waals surface area (Å²) in [6, 6.07) is 7.29. The molecule has 0 saturated carbocycles. The number of carbonyl (C=O) groups is 1. The maximum atomic E-state index is 12.4. The zero-order chi connectivity index (χ0) is 18.5. The molecule has 136 valence electrons. The summed E-state index contributed by atoms with van der Waals surface area (Å²) in [6.07, 6.45) is 0. The number of hydrogen-bond acceptors (Lipinski definition) is 8. The van der Waals surface area contributed by atoms with E-state index in [-0.39, 0.29) is 11.5 Å². The first kappa shape index (κ1) is 18.6. The lowest BCUT2D eigenvalue weighted by Crippen LogP contribution is -2.12. The normalized spacial score (nSPS) is 10.9. The van der Waals surface area contributed by atoms with Crippen molar-refractivity contribution in [1.29, 1.82) is 0 Å². The van der Waals surface area contributed by atoms with Gasteiger partial charge in [-0.05, 0) is 26.0 Å². The summed E-state index contributed by atoms with van der Waals surface area (Å²) in [5.41, 5.74) is 0.659. The second-order valence-electron chi connectivity index (χ2n) is 5.27. The Balaban J connectivity index is 1.83. The van der Waals surface area contributed by atoms with Crippen LogP contribution in [0.15, 0.2) is 33.9 Å². The van der Waals surface area contributed by atoms with Crippen molar-refractivity contribution in [3.8, 4) is 0 Å². The zero-order valence-corrected chi connectivity index (χ0v) is 16.8. The highest BCUT2D eigenvalue weighted by Gasteiger charge is 2.16. The van der Waals surface area contributed by atoms with E-state index in [0.29, 0.717) is 41.5 Å². The lowest BCUT2D eigenvalue weighted by molar-refractivity contribution is 0.102. The first-order valence-corrected chi connectivity index (χ1v) is 9.92. The zero-order valence-electron chi connectivity index (χ0n) is 14.4. The fourth-order valence-electron chi connectivity index (χ4n) is 2.25. The first-order valence-electron chi connectivity index (χ1n) is 8.14. The molecule has 26 heavy (non-hydrogen) atoms. The maximum absolute atomic E-state index is 12.4. The highest BCUT2D eigenvalue weighted by atomic mass is 79.9. The number of Topliss-reactive ketones (excluding diaryl/α,β-unsaturated/α-hetero) is 1. The van der Waals surface area contributed by atoms with Crippen molar-refractivity contribution < 1.29 is 4.79 Å². The standard InChI is InChI=1S/C16H18BrN7OS/c1-3-18-13-20-14(19-4-2)24-15(21-13)22-23-16(24)26-9-12(25)10-5-7-11(17)8-6-10/h5-8H,3-4,9H2,1-2H3,(H2,18,19,20,21,22). The topological polar surface area (TPSA) is 97.1 Å². The number of benzene rings is 1. The largest absolute Gasteiger partial charge is 0.355 e. The van der Waals surface area contributed by atoms with Crippen LogP contribution in [0.25, 0.3) is 5.78 Å². The van der Waals surface area contributed by atoms with Gasteiger partial charge in [0.1, 0.15) is 0 Å². The van der Waals surface area contributed by atoms with Crippen LogP contribution in [0, 0.1) is 0 Å². The minimum atomic E-state index is 0.0226. The Morgan fingerprint density at radius 2 is 1.85 bits per heavy atom. The molecule has 1 aromatic carbocycles. The molecule has 0 unspecified atom stereocenters. The molecule has 3 aromatic rings. The number of rotatable bonds is 8. The molecule has 0 atom stereocenters. The molecule has 2 heterocycles. The molecular weight excluding hydrogens is 418 g/mol. The van der Waals surface area contributed by atoms with E-state index >= 15 is 0 Å². The Kier molecular flexibility index (Phi) is 6.04. The molecule has 2 aromatic heterocycles. The summed E-state index contributed by atoms with van der Waals surface area (Å²) < 4.78 is 2.67. The number of halogens is 1. The Labute approximate surface area is 163 Å². The Bertz CT molecular complexity index is 913. The number of hydrogen-bond donors (Lipinski definition) is 2. The quantitative estimate of drug-likeness (QED) is 0.411. The Morgan fingerprint density at radius 1 is 1.12 bits per heavy atom. The molecule has 0 bridgehead atoms. The number of thioether (sulfide) groups is 1. The van der Waals surface area contributed by atoms with Gasteiger partial charge in [-0.3, -0.25) is 4.79 Å². The van der Waals surface area contributed by atoms with Crippen LogP contribution in [0.2, 0.25) is 0 Å². The van der Waals surface area contributed by atoms with Gasteiger partial charge in [0.2, 0.25) is 11.9 Å². The van der Waals surface area contributed by atoms with Gasteiger partial charge in [0.05, 0.1) is 5.75 Å². The molecule has 2 N–H and O–H groups in total. The van der Waals surface area contributed by atoms with Crippen molar-refractivity contribution in [1.82, 2.24) is 24.6 Å². The SMILES string of the molecule is CCNc1nc(NCC)n2c(SCC(=O)c3ccc(Br)cc3)nnc2n1. The van der Waals surface area contributed by atoms with Crippen molar-refractivity contribution >= 4 is 51.1 Å². The highest BCUT2D eigenvalue weighted by Crippen LogP contribution is 2.22. The number of ketones is 1. The molecule has 0 fully saturated rings. The molecule has 0 saturated heterocycles. The minimum Gasteiger partial charge on any atom is -0.355 e. The minimum absolute atomic E-state index is 0.0226. The molecule has 0 aliphatic carbocycles. The number of fused-ring (bicyclic) bond motifs is 1. The second kappa shape index (κ2) is 8.45. The Hall–Kier alpha value is -2.20. The number of anilines is 2. The van der Waals surface area contributed by atoms with Crippen molar-refractivity contribution in [2.75, 3.05) is 29.5 Å². The Morgan fingerprint density at radius 3 is 2.54 bits per heavy atom. The van der Waals surface area contributed by atoms with Gasteiger partial charge in [0.25, 0.3) is 5.78 Å². The summed E-state index contributed by atoms with van der Waals surface area (Å²) in [7, 11) is 0. The highest BCUT2D eigenvalue weighted by molar-refractivity contribution is 9.10. The molecule has 0 amide bonds. The summed E-state index contributed by atoms with van der Waals surface area (Å²) in [5, 5.41) is 15.1. The average molecular weight is 436 g/mol. The van der Waals surface area contributed by atoms with E-state index in [2.05, 4.69) is 46.7 Å². The molecule has 3 rings (SSSR count). The molecule has 0 aliphatic rings. The summed E-state index contributed by atoms with van der Waals surface area (Å²) in [4.78, 5) is 21.2. The lowest BCUT2D eigenvalue weighted by atomic mass is 10.2. The second-order valence-corrected chi connectivity index (χ2v) is 7.13. The van der Waals surface area contributed by atoms with E-state index in [1.54, 1.807) is 16.5 Å². The van der Waals surface area contributed by atoms with Crippen LogP contribution < -0.4 is 10.6 Å². The predicted molar refractivity (Wildman–Crippen MR) is 106 cm³/mol. The average Bonchev–Trinajstić information content (AvgIpc) is 3.04. The number of nitrogens with zero attached hydrogens (tertiary/aromatic N) is 5. The summed E-state index contributed by atoms with van der Waals surface area (Å²) >= 11 is 4.68. The third-order valence-electron chi connectivity index (χ3n) is 3.41. The van der Waals surface area contributed by atoms with Crippen LogP contribution in [0.3, 0.4) is 0 Å².